The maximum absolute atomic E-state index is 12.3. The van der Waals surface area contributed by atoms with Crippen LogP contribution >= 0.6 is 0 Å². The molecule has 0 aromatic heterocycles. The van der Waals surface area contributed by atoms with Gasteiger partial charge in [-0.3, -0.25) is 9.59 Å². The van der Waals surface area contributed by atoms with Gasteiger partial charge >= 0.3 is 11.9 Å². The van der Waals surface area contributed by atoms with Gasteiger partial charge in [0.25, 0.3) is 0 Å². The van der Waals surface area contributed by atoms with Crippen molar-refractivity contribution in [3.8, 4) is 5.75 Å². The largest absolute Gasteiger partial charge is 0.508 e. The number of carboxylic acids is 1. The van der Waals surface area contributed by atoms with E-state index in [1.165, 1.54) is 12.1 Å². The van der Waals surface area contributed by atoms with E-state index >= 15 is 0 Å². The molecule has 1 unspecified atom stereocenters. The predicted molar refractivity (Wildman–Crippen MR) is 90.7 cm³/mol. The first kappa shape index (κ1) is 18.4. The summed E-state index contributed by atoms with van der Waals surface area (Å²) in [4.78, 5) is 23.5. The molecule has 0 aliphatic rings. The van der Waals surface area contributed by atoms with Gasteiger partial charge in [0.05, 0.1) is 0 Å². The second-order valence-electron chi connectivity index (χ2n) is 5.61. The van der Waals surface area contributed by atoms with Crippen molar-refractivity contribution in [2.45, 2.75) is 24.6 Å². The van der Waals surface area contributed by atoms with Gasteiger partial charge in [-0.15, -0.1) is 0 Å². The number of hydrogen-bond donors (Lipinski definition) is 4. The fraction of sp³-hybridized carbons (Fsp3) is 0.222. The number of hydrogen-bond acceptors (Lipinski definition) is 6. The number of carbonyl (C=O) groups is 2. The van der Waals surface area contributed by atoms with E-state index < -0.39 is 30.1 Å². The van der Waals surface area contributed by atoms with Crippen molar-refractivity contribution in [2.75, 3.05) is 0 Å². The Morgan fingerprint density at radius 2 is 1.60 bits per heavy atom. The SMILES string of the molecule is N[C@H](C(=O)O)C(OC(=O)[C@@H](N)Cc1ccc(O)cc1)c1ccccc1. The summed E-state index contributed by atoms with van der Waals surface area (Å²) in [5, 5.41) is 18.4. The van der Waals surface area contributed by atoms with Crippen LogP contribution in [-0.2, 0) is 20.7 Å². The van der Waals surface area contributed by atoms with Crippen LogP contribution in [0, 0.1) is 0 Å². The molecule has 0 saturated heterocycles. The summed E-state index contributed by atoms with van der Waals surface area (Å²) in [6.07, 6.45) is -0.958. The fourth-order valence-electron chi connectivity index (χ4n) is 2.30. The van der Waals surface area contributed by atoms with Crippen LogP contribution in [0.5, 0.6) is 5.75 Å². The molecule has 0 saturated carbocycles. The van der Waals surface area contributed by atoms with Gasteiger partial charge in [-0.2, -0.15) is 0 Å². The van der Waals surface area contributed by atoms with E-state index in [4.69, 9.17) is 21.3 Å². The number of aromatic hydroxyl groups is 1. The number of phenolic OH excluding ortho intramolecular Hbond substituents is 1. The molecule has 0 bridgehead atoms. The lowest BCUT2D eigenvalue weighted by Gasteiger charge is -2.23. The fourth-order valence-corrected chi connectivity index (χ4v) is 2.30. The summed E-state index contributed by atoms with van der Waals surface area (Å²) >= 11 is 0. The van der Waals surface area contributed by atoms with Crippen molar-refractivity contribution in [1.82, 2.24) is 0 Å². The number of nitrogens with two attached hydrogens (primary N) is 2. The number of esters is 1. The Bertz CT molecular complexity index is 718. The molecule has 7 heteroatoms. The summed E-state index contributed by atoms with van der Waals surface area (Å²) in [6.45, 7) is 0. The van der Waals surface area contributed by atoms with Gasteiger partial charge in [0.15, 0.2) is 6.10 Å². The minimum Gasteiger partial charge on any atom is -0.508 e. The van der Waals surface area contributed by atoms with Crippen molar-refractivity contribution in [3.05, 3.63) is 65.7 Å². The average molecular weight is 344 g/mol. The van der Waals surface area contributed by atoms with Crippen molar-refractivity contribution in [2.24, 2.45) is 11.5 Å². The van der Waals surface area contributed by atoms with Gasteiger partial charge < -0.3 is 26.4 Å². The summed E-state index contributed by atoms with van der Waals surface area (Å²) in [7, 11) is 0. The molecule has 2 rings (SSSR count). The number of benzene rings is 2. The Labute approximate surface area is 144 Å². The summed E-state index contributed by atoms with van der Waals surface area (Å²) in [5.41, 5.74) is 12.7. The van der Waals surface area contributed by atoms with E-state index in [1.807, 2.05) is 0 Å². The third-order valence-electron chi connectivity index (χ3n) is 3.68. The standard InChI is InChI=1S/C18H20N2O5/c19-14(10-11-6-8-13(21)9-7-11)18(24)25-16(15(20)17(22)23)12-4-2-1-3-5-12/h1-9,14-16,21H,10,19-20H2,(H,22,23)/t14-,15-,16?/m0/s1. The van der Waals surface area contributed by atoms with Gasteiger partial charge in [-0.05, 0) is 29.7 Å². The van der Waals surface area contributed by atoms with Crippen LogP contribution in [0.3, 0.4) is 0 Å². The van der Waals surface area contributed by atoms with E-state index in [9.17, 15) is 14.7 Å². The van der Waals surface area contributed by atoms with Crippen molar-refractivity contribution < 1.29 is 24.5 Å². The Hall–Kier alpha value is -2.90. The van der Waals surface area contributed by atoms with Crippen molar-refractivity contribution in [1.29, 1.82) is 0 Å². The van der Waals surface area contributed by atoms with Crippen molar-refractivity contribution >= 4 is 11.9 Å². The zero-order chi connectivity index (χ0) is 18.4. The molecule has 0 spiro atoms. The zero-order valence-corrected chi connectivity index (χ0v) is 13.4. The summed E-state index contributed by atoms with van der Waals surface area (Å²) in [6, 6.07) is 12.3. The number of carbonyl (C=O) groups excluding carboxylic acids is 1. The van der Waals surface area contributed by atoms with Gasteiger partial charge in [0.2, 0.25) is 0 Å². The molecule has 0 aliphatic heterocycles. The first-order chi connectivity index (χ1) is 11.9. The third-order valence-corrected chi connectivity index (χ3v) is 3.68. The highest BCUT2D eigenvalue weighted by Gasteiger charge is 2.31. The molecule has 6 N–H and O–H groups in total. The van der Waals surface area contributed by atoms with Gasteiger partial charge in [-0.1, -0.05) is 42.5 Å². The number of ether oxygens (including phenoxy) is 1. The summed E-state index contributed by atoms with van der Waals surface area (Å²) < 4.78 is 5.30. The highest BCUT2D eigenvalue weighted by atomic mass is 16.5. The molecule has 7 nitrogen and oxygen atoms in total. The highest BCUT2D eigenvalue weighted by molar-refractivity contribution is 5.78. The van der Waals surface area contributed by atoms with Crippen LogP contribution in [0.1, 0.15) is 17.2 Å². The molecular formula is C18H20N2O5. The van der Waals surface area contributed by atoms with Crippen LogP contribution in [0.2, 0.25) is 0 Å². The molecule has 0 aliphatic carbocycles. The van der Waals surface area contributed by atoms with E-state index in [0.717, 1.165) is 5.56 Å². The normalized spacial score (nSPS) is 14.3. The average Bonchev–Trinajstić information content (AvgIpc) is 2.61. The first-order valence-corrected chi connectivity index (χ1v) is 7.66. The molecule has 2 aromatic carbocycles. The molecule has 25 heavy (non-hydrogen) atoms. The molecule has 0 fully saturated rings. The van der Waals surface area contributed by atoms with Gasteiger partial charge in [-0.25, -0.2) is 0 Å². The Morgan fingerprint density at radius 1 is 1.00 bits per heavy atom. The second kappa shape index (κ2) is 8.27. The first-order valence-electron chi connectivity index (χ1n) is 7.66. The number of carboxylic acid groups (broad SMARTS) is 1. The molecule has 0 radical (unpaired) electrons. The second-order valence-corrected chi connectivity index (χ2v) is 5.61. The summed E-state index contributed by atoms with van der Waals surface area (Å²) in [5.74, 6) is -1.93. The lowest BCUT2D eigenvalue weighted by Crippen LogP contribution is -2.42. The van der Waals surface area contributed by atoms with E-state index in [1.54, 1.807) is 42.5 Å². The van der Waals surface area contributed by atoms with Crippen molar-refractivity contribution in [3.63, 3.8) is 0 Å². The molecular weight excluding hydrogens is 324 g/mol. The van der Waals surface area contributed by atoms with Gasteiger partial charge in [0, 0.05) is 0 Å². The number of rotatable bonds is 7. The van der Waals surface area contributed by atoms with Crippen LogP contribution in [0.4, 0.5) is 0 Å². The highest BCUT2D eigenvalue weighted by Crippen LogP contribution is 2.21. The Morgan fingerprint density at radius 3 is 2.16 bits per heavy atom. The zero-order valence-electron chi connectivity index (χ0n) is 13.4. The number of aliphatic carboxylic acids is 1. The quantitative estimate of drug-likeness (QED) is 0.549. The van der Waals surface area contributed by atoms with Crippen LogP contribution < -0.4 is 11.5 Å². The van der Waals surface area contributed by atoms with Crippen LogP contribution in [0.25, 0.3) is 0 Å². The topological polar surface area (TPSA) is 136 Å². The Balaban J connectivity index is 2.10. The van der Waals surface area contributed by atoms with Gasteiger partial charge in [0.1, 0.15) is 17.8 Å². The lowest BCUT2D eigenvalue weighted by atomic mass is 10.0. The molecule has 2 aromatic rings. The van der Waals surface area contributed by atoms with Crippen LogP contribution in [0.15, 0.2) is 54.6 Å². The maximum Gasteiger partial charge on any atom is 0.324 e. The molecule has 132 valence electrons. The van der Waals surface area contributed by atoms with E-state index in [2.05, 4.69) is 0 Å². The lowest BCUT2D eigenvalue weighted by molar-refractivity contribution is -0.156. The molecule has 0 amide bonds. The van der Waals surface area contributed by atoms with Crippen LogP contribution in [-0.4, -0.2) is 34.2 Å². The third kappa shape index (κ3) is 5.03. The molecule has 0 heterocycles. The minimum atomic E-state index is -1.41. The van der Waals surface area contributed by atoms with E-state index in [0.29, 0.717) is 5.56 Å². The monoisotopic (exact) mass is 344 g/mol. The van der Waals surface area contributed by atoms with E-state index in [-0.39, 0.29) is 12.2 Å². The number of phenols is 1. The predicted octanol–water partition coefficient (Wildman–Crippen LogP) is 0.958. The minimum absolute atomic E-state index is 0.108. The Kier molecular flexibility index (Phi) is 6.10. The maximum atomic E-state index is 12.3. The molecule has 3 atom stereocenters. The smallest absolute Gasteiger partial charge is 0.324 e.